The highest BCUT2D eigenvalue weighted by Gasteiger charge is 2.26. The summed E-state index contributed by atoms with van der Waals surface area (Å²) in [5.41, 5.74) is 2.93. The third kappa shape index (κ3) is 6.23. The van der Waals surface area contributed by atoms with Gasteiger partial charge >= 0.3 is 0 Å². The predicted molar refractivity (Wildman–Crippen MR) is 149 cm³/mol. The van der Waals surface area contributed by atoms with E-state index in [1.54, 1.807) is 11.8 Å². The molecule has 2 aliphatic rings. The molecule has 0 N–H and O–H groups in total. The molecule has 2 heterocycles. The fourth-order valence-electron chi connectivity index (χ4n) is 4.93. The summed E-state index contributed by atoms with van der Waals surface area (Å²) in [6, 6.07) is 23.0. The third-order valence-corrected chi connectivity index (χ3v) is 8.05. The molecule has 3 aromatic rings. The van der Waals surface area contributed by atoms with Crippen molar-refractivity contribution in [3.63, 3.8) is 0 Å². The Morgan fingerprint density at radius 3 is 2.11 bits per heavy atom. The maximum atomic E-state index is 13.4. The van der Waals surface area contributed by atoms with Gasteiger partial charge in [-0.05, 0) is 67.9 Å². The van der Waals surface area contributed by atoms with Crippen LogP contribution in [0.25, 0.3) is 0 Å². The summed E-state index contributed by atoms with van der Waals surface area (Å²) in [5, 5.41) is 0. The van der Waals surface area contributed by atoms with Gasteiger partial charge in [0.25, 0.3) is 5.91 Å². The SMILES string of the molecule is Cl.O=C1c2ccccc2Sc2ccccc2N1CCCCCCN1CCN(c2ccc(F)cc2)CC1. The van der Waals surface area contributed by atoms with Crippen molar-refractivity contribution >= 4 is 41.5 Å². The number of unbranched alkanes of at least 4 members (excludes halogenated alkanes) is 3. The highest BCUT2D eigenvalue weighted by molar-refractivity contribution is 7.99. The molecule has 0 aromatic heterocycles. The number of piperazine rings is 1. The van der Waals surface area contributed by atoms with Gasteiger partial charge in [0, 0.05) is 48.2 Å². The lowest BCUT2D eigenvalue weighted by atomic mass is 10.1. The summed E-state index contributed by atoms with van der Waals surface area (Å²) in [4.78, 5) is 22.4. The summed E-state index contributed by atoms with van der Waals surface area (Å²) in [5.74, 6) is -0.0717. The molecule has 2 aliphatic heterocycles. The Bertz CT molecular complexity index is 1150. The van der Waals surface area contributed by atoms with E-state index in [1.165, 1.54) is 25.0 Å². The lowest BCUT2D eigenvalue weighted by Gasteiger charge is -2.36. The molecule has 0 atom stereocenters. The number of fused-ring (bicyclic) bond motifs is 2. The van der Waals surface area contributed by atoms with E-state index in [-0.39, 0.29) is 24.1 Å². The first kappa shape index (κ1) is 26.5. The number of carbonyl (C=O) groups excluding carboxylic acids is 1. The number of benzene rings is 3. The summed E-state index contributed by atoms with van der Waals surface area (Å²) >= 11 is 1.69. The maximum absolute atomic E-state index is 13.4. The number of hydrogen-bond donors (Lipinski definition) is 0. The van der Waals surface area contributed by atoms with Crippen LogP contribution in [0.3, 0.4) is 0 Å². The normalized spacial score (nSPS) is 15.6. The van der Waals surface area contributed by atoms with Crippen molar-refractivity contribution in [1.82, 2.24) is 4.90 Å². The van der Waals surface area contributed by atoms with E-state index in [2.05, 4.69) is 21.9 Å². The Morgan fingerprint density at radius 1 is 0.722 bits per heavy atom. The van der Waals surface area contributed by atoms with Crippen molar-refractivity contribution in [2.45, 2.75) is 35.5 Å². The van der Waals surface area contributed by atoms with E-state index in [4.69, 9.17) is 0 Å². The molecule has 1 fully saturated rings. The minimum absolute atomic E-state index is 0. The molecule has 36 heavy (non-hydrogen) atoms. The lowest BCUT2D eigenvalue weighted by Crippen LogP contribution is -2.46. The Hall–Kier alpha value is -2.54. The molecule has 0 unspecified atom stereocenters. The van der Waals surface area contributed by atoms with Gasteiger partial charge < -0.3 is 9.80 Å². The minimum Gasteiger partial charge on any atom is -0.369 e. The monoisotopic (exact) mass is 525 g/mol. The zero-order valence-electron chi connectivity index (χ0n) is 20.4. The fraction of sp³-hybridized carbons (Fsp3) is 0.345. The van der Waals surface area contributed by atoms with Crippen LogP contribution < -0.4 is 9.80 Å². The van der Waals surface area contributed by atoms with Crippen molar-refractivity contribution in [3.8, 4) is 0 Å². The topological polar surface area (TPSA) is 26.8 Å². The predicted octanol–water partition coefficient (Wildman–Crippen LogP) is 6.74. The number of anilines is 2. The molecule has 0 saturated carbocycles. The number of rotatable bonds is 8. The molecule has 3 aromatic carbocycles. The van der Waals surface area contributed by atoms with Crippen LogP contribution in [0.15, 0.2) is 82.6 Å². The van der Waals surface area contributed by atoms with Gasteiger partial charge in [0.15, 0.2) is 0 Å². The Balaban J connectivity index is 0.00000304. The van der Waals surface area contributed by atoms with Crippen LogP contribution in [0, 0.1) is 5.82 Å². The van der Waals surface area contributed by atoms with Crippen LogP contribution in [0.1, 0.15) is 36.0 Å². The van der Waals surface area contributed by atoms with E-state index in [0.29, 0.717) is 0 Å². The first-order valence-corrected chi connectivity index (χ1v) is 13.4. The summed E-state index contributed by atoms with van der Waals surface area (Å²) in [6.45, 7) is 5.94. The molecule has 0 spiro atoms. The smallest absolute Gasteiger partial charge is 0.259 e. The second-order valence-electron chi connectivity index (χ2n) is 9.24. The average Bonchev–Trinajstić information content (AvgIpc) is 3.01. The number of amides is 1. The van der Waals surface area contributed by atoms with Crippen molar-refractivity contribution in [3.05, 3.63) is 84.2 Å². The van der Waals surface area contributed by atoms with Gasteiger partial charge in [-0.3, -0.25) is 9.69 Å². The van der Waals surface area contributed by atoms with Gasteiger partial charge in [0.1, 0.15) is 5.82 Å². The molecule has 190 valence electrons. The van der Waals surface area contributed by atoms with E-state index >= 15 is 0 Å². The van der Waals surface area contributed by atoms with Crippen LogP contribution in [0.4, 0.5) is 15.8 Å². The number of halogens is 2. The van der Waals surface area contributed by atoms with E-state index in [0.717, 1.165) is 78.8 Å². The zero-order valence-corrected chi connectivity index (χ0v) is 22.1. The van der Waals surface area contributed by atoms with Gasteiger partial charge in [-0.1, -0.05) is 48.9 Å². The van der Waals surface area contributed by atoms with Crippen molar-refractivity contribution in [2.24, 2.45) is 0 Å². The standard InChI is InChI=1S/C29H32FN3OS.ClH/c30-23-13-15-24(16-14-23)32-21-19-31(20-22-32)17-7-1-2-8-18-33-26-10-4-6-12-28(26)35-27-11-5-3-9-25(27)29(33)34;/h3-6,9-16H,1-2,7-8,17-22H2;1H. The molecule has 4 nitrogen and oxygen atoms in total. The maximum Gasteiger partial charge on any atom is 0.259 e. The van der Waals surface area contributed by atoms with Gasteiger partial charge in [-0.2, -0.15) is 0 Å². The average molecular weight is 526 g/mol. The highest BCUT2D eigenvalue weighted by Crippen LogP contribution is 2.41. The van der Waals surface area contributed by atoms with Crippen LogP contribution >= 0.6 is 24.2 Å². The number of hydrogen-bond acceptors (Lipinski definition) is 4. The molecule has 5 rings (SSSR count). The number of para-hydroxylation sites is 1. The van der Waals surface area contributed by atoms with Crippen LogP contribution in [0.5, 0.6) is 0 Å². The first-order valence-electron chi connectivity index (χ1n) is 12.6. The molecule has 1 amide bonds. The van der Waals surface area contributed by atoms with Gasteiger partial charge in [0.2, 0.25) is 0 Å². The molecule has 0 radical (unpaired) electrons. The molecule has 0 bridgehead atoms. The second kappa shape index (κ2) is 12.6. The second-order valence-corrected chi connectivity index (χ2v) is 10.3. The van der Waals surface area contributed by atoms with Crippen LogP contribution in [0.2, 0.25) is 0 Å². The van der Waals surface area contributed by atoms with Gasteiger partial charge in [0.05, 0.1) is 11.3 Å². The fourth-order valence-corrected chi connectivity index (χ4v) is 6.01. The quantitative estimate of drug-likeness (QED) is 0.304. The third-order valence-electron chi connectivity index (χ3n) is 6.91. The van der Waals surface area contributed by atoms with Crippen LogP contribution in [-0.2, 0) is 0 Å². The minimum atomic E-state index is -0.180. The Kier molecular flexibility index (Phi) is 9.30. The molecule has 7 heteroatoms. The Labute approximate surface area is 223 Å². The van der Waals surface area contributed by atoms with Crippen molar-refractivity contribution in [1.29, 1.82) is 0 Å². The highest BCUT2D eigenvalue weighted by atomic mass is 35.5. The largest absolute Gasteiger partial charge is 0.369 e. The zero-order chi connectivity index (χ0) is 24.0. The van der Waals surface area contributed by atoms with Crippen molar-refractivity contribution < 1.29 is 9.18 Å². The Morgan fingerprint density at radius 2 is 1.36 bits per heavy atom. The summed E-state index contributed by atoms with van der Waals surface area (Å²) in [6.07, 6.45) is 4.48. The summed E-state index contributed by atoms with van der Waals surface area (Å²) < 4.78 is 13.2. The van der Waals surface area contributed by atoms with Crippen LogP contribution in [-0.4, -0.2) is 50.1 Å². The number of carbonyl (C=O) groups is 1. The molecule has 0 aliphatic carbocycles. The summed E-state index contributed by atoms with van der Waals surface area (Å²) in [7, 11) is 0. The molecule has 1 saturated heterocycles. The lowest BCUT2D eigenvalue weighted by molar-refractivity contribution is 0.0983. The van der Waals surface area contributed by atoms with E-state index in [1.807, 2.05) is 53.4 Å². The van der Waals surface area contributed by atoms with Gasteiger partial charge in [-0.25, -0.2) is 4.39 Å². The number of nitrogens with zero attached hydrogens (tertiary/aromatic N) is 3. The first-order chi connectivity index (χ1) is 17.2. The van der Waals surface area contributed by atoms with E-state index < -0.39 is 0 Å². The van der Waals surface area contributed by atoms with Gasteiger partial charge in [-0.15, -0.1) is 12.4 Å². The van der Waals surface area contributed by atoms with Crippen molar-refractivity contribution in [2.75, 3.05) is 49.1 Å². The molecular formula is C29H33ClFN3OS. The molecular weight excluding hydrogens is 493 g/mol. The van der Waals surface area contributed by atoms with E-state index in [9.17, 15) is 9.18 Å².